The predicted octanol–water partition coefficient (Wildman–Crippen LogP) is 6.72. The zero-order chi connectivity index (χ0) is 24.4. The number of ether oxygens (including phenoxy) is 4. The average molecular weight is 463 g/mol. The van der Waals surface area contributed by atoms with Crippen molar-refractivity contribution in [3.05, 3.63) is 95.6 Å². The van der Waals surface area contributed by atoms with Crippen molar-refractivity contribution >= 4 is 16.7 Å². The van der Waals surface area contributed by atoms with Gasteiger partial charge in [0.2, 0.25) is 5.79 Å². The van der Waals surface area contributed by atoms with Gasteiger partial charge in [0.1, 0.15) is 0 Å². The lowest BCUT2D eigenvalue weighted by Crippen LogP contribution is -2.37. The number of carbonyl (C=O) groups is 1. The Morgan fingerprint density at radius 2 is 1.68 bits per heavy atom. The van der Waals surface area contributed by atoms with Crippen LogP contribution in [-0.2, 0) is 30.3 Å². The molecule has 0 saturated heterocycles. The van der Waals surface area contributed by atoms with Crippen LogP contribution in [0, 0.1) is 0 Å². The minimum Gasteiger partial charge on any atom is -0.431 e. The fourth-order valence-electron chi connectivity index (χ4n) is 3.68. The molecule has 3 aromatic carbocycles. The first-order valence-corrected chi connectivity index (χ1v) is 11.5. The number of methoxy groups -OCH3 is 1. The molecule has 0 fully saturated rings. The Morgan fingerprint density at radius 3 is 2.38 bits per heavy atom. The number of hydrogen-bond acceptors (Lipinski definition) is 5. The van der Waals surface area contributed by atoms with Gasteiger partial charge in [-0.1, -0.05) is 78.4 Å². The molecule has 5 heteroatoms. The van der Waals surface area contributed by atoms with Crippen molar-refractivity contribution < 1.29 is 23.7 Å². The molecule has 0 bridgehead atoms. The molecule has 0 amide bonds. The van der Waals surface area contributed by atoms with Crippen molar-refractivity contribution in [2.24, 2.45) is 0 Å². The van der Waals surface area contributed by atoms with Crippen LogP contribution in [0.15, 0.2) is 84.4 Å². The van der Waals surface area contributed by atoms with Crippen molar-refractivity contribution in [1.82, 2.24) is 0 Å². The first-order chi connectivity index (χ1) is 16.4. The zero-order valence-electron chi connectivity index (χ0n) is 20.5. The van der Waals surface area contributed by atoms with Crippen LogP contribution in [0.1, 0.15) is 50.8 Å². The Labute approximate surface area is 202 Å². The fourth-order valence-corrected chi connectivity index (χ4v) is 3.68. The minimum absolute atomic E-state index is 0.00111. The zero-order valence-corrected chi connectivity index (χ0v) is 20.5. The van der Waals surface area contributed by atoms with Crippen molar-refractivity contribution in [1.29, 1.82) is 0 Å². The SMILES string of the molecule is COC(C(=O)O[C@](C)(CCC=C(C)C)OCOCc1ccccc1)c1ccc2ccccc2c1. The molecule has 0 N–H and O–H groups in total. The largest absolute Gasteiger partial charge is 0.431 e. The Kier molecular flexibility index (Phi) is 9.40. The maximum Gasteiger partial charge on any atom is 0.342 e. The van der Waals surface area contributed by atoms with Crippen LogP contribution < -0.4 is 0 Å². The van der Waals surface area contributed by atoms with Crippen LogP contribution >= 0.6 is 0 Å². The van der Waals surface area contributed by atoms with Crippen molar-refractivity contribution in [2.75, 3.05) is 13.9 Å². The summed E-state index contributed by atoms with van der Waals surface area (Å²) in [4.78, 5) is 13.2. The van der Waals surface area contributed by atoms with Crippen LogP contribution in [0.3, 0.4) is 0 Å². The van der Waals surface area contributed by atoms with Crippen molar-refractivity contribution in [3.8, 4) is 0 Å². The van der Waals surface area contributed by atoms with E-state index in [1.54, 1.807) is 6.92 Å². The van der Waals surface area contributed by atoms with E-state index in [1.165, 1.54) is 12.7 Å². The molecule has 3 aromatic rings. The summed E-state index contributed by atoms with van der Waals surface area (Å²) in [6.07, 6.45) is 2.43. The maximum atomic E-state index is 13.2. The van der Waals surface area contributed by atoms with E-state index in [0.717, 1.165) is 21.9 Å². The maximum absolute atomic E-state index is 13.2. The van der Waals surface area contributed by atoms with Crippen LogP contribution in [0.2, 0.25) is 0 Å². The third kappa shape index (κ3) is 7.52. The summed E-state index contributed by atoms with van der Waals surface area (Å²) in [7, 11) is 1.51. The summed E-state index contributed by atoms with van der Waals surface area (Å²) in [5.41, 5.74) is 2.98. The third-order valence-corrected chi connectivity index (χ3v) is 5.55. The number of rotatable bonds is 12. The van der Waals surface area contributed by atoms with E-state index in [1.807, 2.05) is 86.6 Å². The lowest BCUT2D eigenvalue weighted by molar-refractivity contribution is -0.262. The van der Waals surface area contributed by atoms with Gasteiger partial charge in [-0.15, -0.1) is 0 Å². The van der Waals surface area contributed by atoms with Gasteiger partial charge in [0.25, 0.3) is 0 Å². The van der Waals surface area contributed by atoms with Gasteiger partial charge >= 0.3 is 5.97 Å². The molecule has 0 saturated carbocycles. The lowest BCUT2D eigenvalue weighted by atomic mass is 10.0. The molecule has 0 aliphatic heterocycles. The predicted molar refractivity (Wildman–Crippen MR) is 134 cm³/mol. The fraction of sp³-hybridized carbons (Fsp3) is 0.345. The second-order valence-corrected chi connectivity index (χ2v) is 8.69. The Balaban J connectivity index is 1.68. The van der Waals surface area contributed by atoms with E-state index < -0.39 is 17.9 Å². The van der Waals surface area contributed by atoms with Crippen LogP contribution in [0.4, 0.5) is 0 Å². The minimum atomic E-state index is -1.16. The smallest absolute Gasteiger partial charge is 0.342 e. The van der Waals surface area contributed by atoms with Crippen LogP contribution in [0.25, 0.3) is 10.8 Å². The van der Waals surface area contributed by atoms with Crippen molar-refractivity contribution in [2.45, 2.75) is 52.1 Å². The highest BCUT2D eigenvalue weighted by Gasteiger charge is 2.33. The molecule has 0 aliphatic rings. The van der Waals surface area contributed by atoms with Gasteiger partial charge < -0.3 is 18.9 Å². The summed E-state index contributed by atoms with van der Waals surface area (Å²) >= 11 is 0. The number of fused-ring (bicyclic) bond motifs is 1. The highest BCUT2D eigenvalue weighted by atomic mass is 16.8. The molecule has 0 radical (unpaired) electrons. The molecule has 3 rings (SSSR count). The first-order valence-electron chi connectivity index (χ1n) is 11.5. The van der Waals surface area contributed by atoms with E-state index >= 15 is 0 Å². The number of benzene rings is 3. The molecule has 1 unspecified atom stereocenters. The van der Waals surface area contributed by atoms with Crippen LogP contribution in [-0.4, -0.2) is 25.7 Å². The second-order valence-electron chi connectivity index (χ2n) is 8.69. The van der Waals surface area contributed by atoms with E-state index in [9.17, 15) is 4.79 Å². The standard InChI is InChI=1S/C29H34O5/c1-22(2)11-10-18-29(3,33-21-32-20-23-12-6-5-7-13-23)34-28(30)27(31-4)26-17-16-24-14-8-9-15-25(24)19-26/h5-9,11-17,19,27H,10,18,20-21H2,1-4H3/t27?,29-/m1/s1. The molecule has 0 spiro atoms. The quantitative estimate of drug-likeness (QED) is 0.129. The molecule has 0 aromatic heterocycles. The number of carbonyl (C=O) groups excluding carboxylic acids is 1. The highest BCUT2D eigenvalue weighted by molar-refractivity contribution is 5.85. The summed E-state index contributed by atoms with van der Waals surface area (Å²) < 4.78 is 23.1. The normalized spacial score (nSPS) is 13.8. The molecular weight excluding hydrogens is 428 g/mol. The summed E-state index contributed by atoms with van der Waals surface area (Å²) in [6.45, 7) is 6.25. The van der Waals surface area contributed by atoms with Gasteiger partial charge in [-0.3, -0.25) is 0 Å². The highest BCUT2D eigenvalue weighted by Crippen LogP contribution is 2.28. The van der Waals surface area contributed by atoms with Gasteiger partial charge in [-0.25, -0.2) is 4.79 Å². The van der Waals surface area contributed by atoms with Crippen molar-refractivity contribution in [3.63, 3.8) is 0 Å². The Hall–Kier alpha value is -2.99. The topological polar surface area (TPSA) is 54.0 Å². The van der Waals surface area contributed by atoms with Gasteiger partial charge in [-0.2, -0.15) is 0 Å². The summed E-state index contributed by atoms with van der Waals surface area (Å²) in [6, 6.07) is 23.7. The van der Waals surface area contributed by atoms with Gasteiger partial charge in [-0.05, 0) is 48.2 Å². The molecule has 0 aliphatic carbocycles. The van der Waals surface area contributed by atoms with E-state index in [4.69, 9.17) is 18.9 Å². The van der Waals surface area contributed by atoms with Gasteiger partial charge in [0.05, 0.1) is 6.61 Å². The Bertz CT molecular complexity index is 1090. The second kappa shape index (κ2) is 12.5. The third-order valence-electron chi connectivity index (χ3n) is 5.55. The lowest BCUT2D eigenvalue weighted by Gasteiger charge is -2.31. The summed E-state index contributed by atoms with van der Waals surface area (Å²) in [5.74, 6) is -1.66. The van der Waals surface area contributed by atoms with E-state index in [0.29, 0.717) is 19.4 Å². The molecule has 2 atom stereocenters. The number of hydrogen-bond donors (Lipinski definition) is 0. The average Bonchev–Trinajstić information content (AvgIpc) is 2.82. The van der Waals surface area contributed by atoms with E-state index in [2.05, 4.69) is 6.08 Å². The molecular formula is C29H34O5. The monoisotopic (exact) mass is 462 g/mol. The van der Waals surface area contributed by atoms with E-state index in [-0.39, 0.29) is 6.79 Å². The molecule has 0 heterocycles. The van der Waals surface area contributed by atoms with Gasteiger partial charge in [0.15, 0.2) is 12.9 Å². The van der Waals surface area contributed by atoms with Gasteiger partial charge in [0, 0.05) is 20.5 Å². The number of esters is 1. The molecule has 180 valence electrons. The first kappa shape index (κ1) is 25.6. The molecule has 34 heavy (non-hydrogen) atoms. The molecule has 5 nitrogen and oxygen atoms in total. The Morgan fingerprint density at radius 1 is 0.971 bits per heavy atom. The number of allylic oxidation sites excluding steroid dienone is 2. The van der Waals surface area contributed by atoms with Crippen LogP contribution in [0.5, 0.6) is 0 Å². The summed E-state index contributed by atoms with van der Waals surface area (Å²) in [5, 5.41) is 2.13.